The van der Waals surface area contributed by atoms with Crippen molar-refractivity contribution in [3.05, 3.63) is 80.6 Å². The number of ether oxygens (including phenoxy) is 2. The molecule has 17 heteroatoms. The fraction of sp³-hybridized carbons (Fsp3) is 0.214. The van der Waals surface area contributed by atoms with E-state index in [-0.39, 0.29) is 60.6 Å². The lowest BCUT2D eigenvalue weighted by Crippen LogP contribution is -2.12. The number of nitrogen functional groups attached to an aromatic ring is 2. The molecule has 0 aliphatic heterocycles. The van der Waals surface area contributed by atoms with Crippen LogP contribution in [0.15, 0.2) is 47.0 Å². The molecule has 0 aliphatic carbocycles. The number of nitrogens with zero attached hydrogens (tertiary/aromatic N) is 4. The lowest BCUT2D eigenvalue weighted by atomic mass is 10.0. The first-order chi connectivity index (χ1) is 21.4. The Bertz CT molecular complexity index is 1780. The van der Waals surface area contributed by atoms with Crippen LogP contribution < -0.4 is 20.9 Å². The highest BCUT2D eigenvalue weighted by molar-refractivity contribution is 7.99. The number of halogens is 4. The molecule has 0 saturated carbocycles. The number of hydrogen-bond donors (Lipinski definition) is 2. The van der Waals surface area contributed by atoms with Crippen molar-refractivity contribution >= 4 is 69.0 Å². The van der Waals surface area contributed by atoms with Crippen LogP contribution in [0.5, 0.6) is 11.5 Å². The summed E-state index contributed by atoms with van der Waals surface area (Å²) in [4.78, 5) is 40.9. The SMILES string of the molecule is CCS(=O)c1ncc(C(=O)c2cc(F)c(Cl)cc2OC)c(N)n1.CCSc1ncc(C(=O)c2cc(F)c(Cl)cc2OC)c(N)n1. The van der Waals surface area contributed by atoms with Crippen molar-refractivity contribution in [3.8, 4) is 11.5 Å². The summed E-state index contributed by atoms with van der Waals surface area (Å²) in [6.07, 6.45) is 2.49. The lowest BCUT2D eigenvalue weighted by molar-refractivity contribution is 0.102. The van der Waals surface area contributed by atoms with Gasteiger partial charge in [0.2, 0.25) is 16.7 Å². The number of rotatable bonds is 10. The first-order valence-corrected chi connectivity index (χ1v) is 15.8. The number of ketones is 2. The van der Waals surface area contributed by atoms with Gasteiger partial charge in [-0.15, -0.1) is 0 Å². The molecular formula is C28H26Cl2F2N6O5S2. The molecule has 4 N–H and O–H groups in total. The minimum atomic E-state index is -1.40. The second-order valence-electron chi connectivity index (χ2n) is 8.56. The summed E-state index contributed by atoms with van der Waals surface area (Å²) in [7, 11) is 1.29. The second-order valence-corrected chi connectivity index (χ2v) is 12.2. The molecule has 11 nitrogen and oxygen atoms in total. The maximum Gasteiger partial charge on any atom is 0.220 e. The molecule has 2 aromatic carbocycles. The number of nitrogens with two attached hydrogens (primary N) is 2. The third-order valence-corrected chi connectivity index (χ3v) is 8.25. The summed E-state index contributed by atoms with van der Waals surface area (Å²) < 4.78 is 49.0. The van der Waals surface area contributed by atoms with E-state index >= 15 is 0 Å². The molecule has 1 unspecified atom stereocenters. The number of anilines is 2. The summed E-state index contributed by atoms with van der Waals surface area (Å²) in [5.41, 5.74) is 11.5. The Labute approximate surface area is 273 Å². The maximum atomic E-state index is 13.6. The van der Waals surface area contributed by atoms with Crippen molar-refractivity contribution in [3.63, 3.8) is 0 Å². The summed E-state index contributed by atoms with van der Waals surface area (Å²) >= 11 is 12.8. The van der Waals surface area contributed by atoms with E-state index in [0.29, 0.717) is 10.9 Å². The van der Waals surface area contributed by atoms with Crippen LogP contribution in [0.4, 0.5) is 20.4 Å². The third kappa shape index (κ3) is 8.42. The predicted molar refractivity (Wildman–Crippen MR) is 169 cm³/mol. The largest absolute Gasteiger partial charge is 0.496 e. The van der Waals surface area contributed by atoms with Crippen molar-refractivity contribution < 1.29 is 32.1 Å². The summed E-state index contributed by atoms with van der Waals surface area (Å²) in [5.74, 6) is -1.38. The van der Waals surface area contributed by atoms with Crippen LogP contribution in [0.3, 0.4) is 0 Å². The molecule has 2 aromatic heterocycles. The minimum Gasteiger partial charge on any atom is -0.496 e. The van der Waals surface area contributed by atoms with Gasteiger partial charge in [0.15, 0.2) is 5.16 Å². The summed E-state index contributed by atoms with van der Waals surface area (Å²) in [6, 6.07) is 4.41. The third-order valence-electron chi connectivity index (χ3n) is 5.79. The number of carbonyl (C=O) groups excluding carboxylic acids is 2. The Morgan fingerprint density at radius 2 is 1.29 bits per heavy atom. The minimum absolute atomic E-state index is 0.00981. The standard InChI is InChI=1S/C14H13ClFN3O3S.C14H13ClFN3O2S/c1-3-23(21)14-18-6-8(13(17)19-14)12(20)7-4-10(16)9(15)5-11(7)22-2;1-3-22-14-18-6-8(13(17)19-14)12(20)7-4-10(16)9(15)5-11(7)21-2/h4-6H,3H2,1-2H3,(H2,17,18,19);4-6H,3H2,1-2H3,(H2,17,18,19). The molecule has 0 fully saturated rings. The zero-order valence-corrected chi connectivity index (χ0v) is 27.3. The van der Waals surface area contributed by atoms with Gasteiger partial charge in [-0.05, 0) is 17.9 Å². The molecule has 4 aromatic rings. The number of carbonyl (C=O) groups is 2. The second kappa shape index (κ2) is 15.9. The highest BCUT2D eigenvalue weighted by Crippen LogP contribution is 2.30. The van der Waals surface area contributed by atoms with Gasteiger partial charge in [0, 0.05) is 30.3 Å². The van der Waals surface area contributed by atoms with Gasteiger partial charge in [0.05, 0.1) is 57.3 Å². The Hall–Kier alpha value is -3.92. The molecular weight excluding hydrogens is 673 g/mol. The van der Waals surface area contributed by atoms with Crippen molar-refractivity contribution in [2.45, 2.75) is 24.2 Å². The summed E-state index contributed by atoms with van der Waals surface area (Å²) in [5, 5.41) is 0.213. The Morgan fingerprint density at radius 1 is 0.822 bits per heavy atom. The monoisotopic (exact) mass is 698 g/mol. The topological polar surface area (TPSA) is 173 Å². The van der Waals surface area contributed by atoms with Crippen molar-refractivity contribution in [2.24, 2.45) is 0 Å². The van der Waals surface area contributed by atoms with E-state index in [1.54, 1.807) is 6.92 Å². The van der Waals surface area contributed by atoms with Crippen molar-refractivity contribution in [2.75, 3.05) is 37.2 Å². The van der Waals surface area contributed by atoms with Crippen LogP contribution in [0, 0.1) is 11.6 Å². The molecule has 0 bridgehead atoms. The highest BCUT2D eigenvalue weighted by atomic mass is 35.5. The lowest BCUT2D eigenvalue weighted by Gasteiger charge is -2.10. The van der Waals surface area contributed by atoms with Crippen molar-refractivity contribution in [1.29, 1.82) is 0 Å². The average Bonchev–Trinajstić information content (AvgIpc) is 3.02. The van der Waals surface area contributed by atoms with Gasteiger partial charge in [-0.1, -0.05) is 48.8 Å². The van der Waals surface area contributed by atoms with Gasteiger partial charge in [0.25, 0.3) is 0 Å². The van der Waals surface area contributed by atoms with Gasteiger partial charge < -0.3 is 20.9 Å². The molecule has 0 radical (unpaired) electrons. The normalized spacial score (nSPS) is 11.3. The highest BCUT2D eigenvalue weighted by Gasteiger charge is 2.23. The van der Waals surface area contributed by atoms with E-state index in [1.165, 1.54) is 50.5 Å². The van der Waals surface area contributed by atoms with Gasteiger partial charge in [0.1, 0.15) is 34.8 Å². The number of hydrogen-bond acceptors (Lipinski definition) is 12. The molecule has 0 spiro atoms. The van der Waals surface area contributed by atoms with Gasteiger partial charge >= 0.3 is 0 Å². The Kier molecular flexibility index (Phi) is 12.6. The Morgan fingerprint density at radius 3 is 1.69 bits per heavy atom. The fourth-order valence-electron chi connectivity index (χ4n) is 3.58. The van der Waals surface area contributed by atoms with E-state index in [0.717, 1.165) is 17.9 Å². The molecule has 0 saturated heterocycles. The Balaban J connectivity index is 0.000000246. The van der Waals surface area contributed by atoms with Crippen LogP contribution in [-0.4, -0.2) is 61.4 Å². The molecule has 238 valence electrons. The first-order valence-electron chi connectivity index (χ1n) is 12.8. The predicted octanol–water partition coefficient (Wildman–Crippen LogP) is 5.42. The number of aromatic nitrogens is 4. The zero-order chi connectivity index (χ0) is 33.4. The number of thioether (sulfide) groups is 1. The molecule has 0 amide bonds. The fourth-order valence-corrected chi connectivity index (χ4v) is 5.07. The van der Waals surface area contributed by atoms with Crippen molar-refractivity contribution in [1.82, 2.24) is 19.9 Å². The van der Waals surface area contributed by atoms with E-state index in [9.17, 15) is 22.6 Å². The van der Waals surface area contributed by atoms with Gasteiger partial charge in [-0.3, -0.25) is 13.8 Å². The number of methoxy groups -OCH3 is 2. The average molecular weight is 700 g/mol. The molecule has 0 aliphatic rings. The molecule has 1 atom stereocenters. The molecule has 45 heavy (non-hydrogen) atoms. The maximum absolute atomic E-state index is 13.6. The van der Waals surface area contributed by atoms with Crippen LogP contribution >= 0.6 is 35.0 Å². The van der Waals surface area contributed by atoms with E-state index in [1.807, 2.05) is 6.92 Å². The molecule has 4 rings (SSSR count). The first kappa shape index (κ1) is 35.6. The van der Waals surface area contributed by atoms with E-state index in [4.69, 9.17) is 44.1 Å². The van der Waals surface area contributed by atoms with Crippen LogP contribution in [-0.2, 0) is 10.8 Å². The van der Waals surface area contributed by atoms with Crippen LogP contribution in [0.2, 0.25) is 10.0 Å². The van der Waals surface area contributed by atoms with Crippen LogP contribution in [0.25, 0.3) is 0 Å². The smallest absolute Gasteiger partial charge is 0.220 e. The van der Waals surface area contributed by atoms with Gasteiger partial charge in [-0.25, -0.2) is 28.7 Å². The van der Waals surface area contributed by atoms with E-state index in [2.05, 4.69) is 19.9 Å². The molecule has 2 heterocycles. The van der Waals surface area contributed by atoms with Crippen LogP contribution in [0.1, 0.15) is 45.7 Å². The zero-order valence-electron chi connectivity index (χ0n) is 24.2. The quantitative estimate of drug-likeness (QED) is 0.122. The summed E-state index contributed by atoms with van der Waals surface area (Å²) in [6.45, 7) is 3.65. The van der Waals surface area contributed by atoms with E-state index < -0.39 is 34.0 Å². The number of benzene rings is 2. The van der Waals surface area contributed by atoms with Gasteiger partial charge in [-0.2, -0.15) is 0 Å².